The highest BCUT2D eigenvalue weighted by molar-refractivity contribution is 5.92. The SMILES string of the molecule is COc1ccc2c(c1)C[C@@H](C)N(C(=O)c1cnc(C)cn1)[C@@H]2C. The summed E-state index contributed by atoms with van der Waals surface area (Å²) in [5, 5.41) is 0. The Bertz CT molecular complexity index is 728. The fourth-order valence-electron chi connectivity index (χ4n) is 3.25. The van der Waals surface area contributed by atoms with E-state index in [1.54, 1.807) is 19.5 Å². The molecule has 5 nitrogen and oxygen atoms in total. The van der Waals surface area contributed by atoms with E-state index >= 15 is 0 Å². The van der Waals surface area contributed by atoms with Gasteiger partial charge in [0.15, 0.2) is 0 Å². The van der Waals surface area contributed by atoms with Crippen molar-refractivity contribution in [3.8, 4) is 5.75 Å². The fourth-order valence-corrected chi connectivity index (χ4v) is 3.25. The first-order valence-electron chi connectivity index (χ1n) is 7.79. The zero-order valence-corrected chi connectivity index (χ0v) is 13.9. The maximum Gasteiger partial charge on any atom is 0.274 e. The molecule has 0 saturated carbocycles. The minimum Gasteiger partial charge on any atom is -0.497 e. The molecule has 0 aliphatic carbocycles. The molecule has 1 aromatic heterocycles. The van der Waals surface area contributed by atoms with E-state index in [9.17, 15) is 4.79 Å². The molecule has 0 fully saturated rings. The lowest BCUT2D eigenvalue weighted by Crippen LogP contribution is -2.45. The molecule has 1 aromatic carbocycles. The van der Waals surface area contributed by atoms with E-state index in [2.05, 4.69) is 29.9 Å². The number of aromatic nitrogens is 2. The van der Waals surface area contributed by atoms with Crippen LogP contribution >= 0.6 is 0 Å². The summed E-state index contributed by atoms with van der Waals surface area (Å²) in [6.07, 6.45) is 3.99. The number of ether oxygens (including phenoxy) is 1. The smallest absolute Gasteiger partial charge is 0.274 e. The van der Waals surface area contributed by atoms with Gasteiger partial charge in [-0.25, -0.2) is 4.98 Å². The molecule has 0 saturated heterocycles. The highest BCUT2D eigenvalue weighted by Gasteiger charge is 2.34. The van der Waals surface area contributed by atoms with Crippen molar-refractivity contribution < 1.29 is 9.53 Å². The first-order valence-corrected chi connectivity index (χ1v) is 7.79. The van der Waals surface area contributed by atoms with Crippen molar-refractivity contribution in [2.45, 2.75) is 39.3 Å². The molecule has 1 aliphatic heterocycles. The molecule has 0 N–H and O–H groups in total. The van der Waals surface area contributed by atoms with Crippen LogP contribution in [0.5, 0.6) is 5.75 Å². The number of rotatable bonds is 2. The standard InChI is InChI=1S/C18H21N3O2/c1-11-9-20-17(10-19-11)18(22)21-12(2)7-14-8-15(23-4)5-6-16(14)13(21)3/h5-6,8-10,12-13H,7H2,1-4H3/t12-,13-/m1/s1. The number of hydrogen-bond donors (Lipinski definition) is 0. The zero-order valence-electron chi connectivity index (χ0n) is 13.9. The molecule has 2 heterocycles. The van der Waals surface area contributed by atoms with Crippen molar-refractivity contribution in [2.24, 2.45) is 0 Å². The number of carbonyl (C=O) groups is 1. The molecule has 2 aromatic rings. The number of benzene rings is 1. The van der Waals surface area contributed by atoms with Gasteiger partial charge in [-0.3, -0.25) is 9.78 Å². The molecule has 5 heteroatoms. The molecule has 0 bridgehead atoms. The number of hydrogen-bond acceptors (Lipinski definition) is 4. The Morgan fingerprint density at radius 3 is 2.70 bits per heavy atom. The topological polar surface area (TPSA) is 55.3 Å². The number of nitrogens with zero attached hydrogens (tertiary/aromatic N) is 3. The Hall–Kier alpha value is -2.43. The van der Waals surface area contributed by atoms with E-state index in [1.807, 2.05) is 24.0 Å². The van der Waals surface area contributed by atoms with Gasteiger partial charge in [0.25, 0.3) is 5.91 Å². The Balaban J connectivity index is 1.94. The second kappa shape index (κ2) is 5.99. The van der Waals surface area contributed by atoms with Crippen molar-refractivity contribution in [3.05, 3.63) is 53.1 Å². The van der Waals surface area contributed by atoms with Crippen molar-refractivity contribution in [2.75, 3.05) is 7.11 Å². The summed E-state index contributed by atoms with van der Waals surface area (Å²) < 4.78 is 5.31. The lowest BCUT2D eigenvalue weighted by molar-refractivity contribution is 0.0573. The third-order valence-corrected chi connectivity index (χ3v) is 4.44. The average Bonchev–Trinajstić information content (AvgIpc) is 2.54. The summed E-state index contributed by atoms with van der Waals surface area (Å²) in [5.41, 5.74) is 3.60. The van der Waals surface area contributed by atoms with Gasteiger partial charge in [-0.2, -0.15) is 0 Å². The minimum absolute atomic E-state index is 0.00439. The maximum atomic E-state index is 12.9. The van der Waals surface area contributed by atoms with E-state index < -0.39 is 0 Å². The maximum absolute atomic E-state index is 12.9. The average molecular weight is 311 g/mol. The normalized spacial score (nSPS) is 20.1. The van der Waals surface area contributed by atoms with E-state index in [0.717, 1.165) is 23.4 Å². The Morgan fingerprint density at radius 2 is 2.04 bits per heavy atom. The number of methoxy groups -OCH3 is 1. The van der Waals surface area contributed by atoms with Crippen LogP contribution in [0.25, 0.3) is 0 Å². The van der Waals surface area contributed by atoms with Crippen LogP contribution in [0.15, 0.2) is 30.6 Å². The van der Waals surface area contributed by atoms with Gasteiger partial charge in [-0.1, -0.05) is 6.07 Å². The van der Waals surface area contributed by atoms with Crippen LogP contribution in [0.2, 0.25) is 0 Å². The quantitative estimate of drug-likeness (QED) is 0.855. The third-order valence-electron chi connectivity index (χ3n) is 4.44. The van der Waals surface area contributed by atoms with Gasteiger partial charge in [-0.05, 0) is 50.5 Å². The predicted octanol–water partition coefficient (Wildman–Crippen LogP) is 2.94. The van der Waals surface area contributed by atoms with Crippen LogP contribution in [-0.4, -0.2) is 33.9 Å². The van der Waals surface area contributed by atoms with Gasteiger partial charge in [0.1, 0.15) is 11.4 Å². The van der Waals surface area contributed by atoms with Crippen LogP contribution in [0.1, 0.15) is 47.2 Å². The summed E-state index contributed by atoms with van der Waals surface area (Å²) in [4.78, 5) is 23.2. The van der Waals surface area contributed by atoms with E-state index in [1.165, 1.54) is 5.56 Å². The van der Waals surface area contributed by atoms with Crippen molar-refractivity contribution in [1.29, 1.82) is 0 Å². The fraction of sp³-hybridized carbons (Fsp3) is 0.389. The molecular weight excluding hydrogens is 290 g/mol. The third kappa shape index (κ3) is 2.79. The molecule has 2 atom stereocenters. The molecule has 1 aliphatic rings. The molecule has 23 heavy (non-hydrogen) atoms. The summed E-state index contributed by atoms with van der Waals surface area (Å²) in [7, 11) is 1.67. The molecular formula is C18H21N3O2. The Kier molecular flexibility index (Phi) is 4.03. The minimum atomic E-state index is -0.0704. The van der Waals surface area contributed by atoms with Gasteiger partial charge in [-0.15, -0.1) is 0 Å². The summed E-state index contributed by atoms with van der Waals surface area (Å²) in [5.74, 6) is 0.784. The number of carbonyl (C=O) groups excluding carboxylic acids is 1. The molecule has 120 valence electrons. The first-order chi connectivity index (χ1) is 11.0. The first kappa shape index (κ1) is 15.5. The second-order valence-electron chi connectivity index (χ2n) is 6.05. The largest absolute Gasteiger partial charge is 0.497 e. The number of aryl methyl sites for hydroxylation is 1. The number of amides is 1. The van der Waals surface area contributed by atoms with Crippen molar-refractivity contribution in [1.82, 2.24) is 14.9 Å². The molecule has 0 radical (unpaired) electrons. The van der Waals surface area contributed by atoms with Gasteiger partial charge < -0.3 is 9.64 Å². The number of fused-ring (bicyclic) bond motifs is 1. The van der Waals surface area contributed by atoms with Crippen LogP contribution in [0.3, 0.4) is 0 Å². The van der Waals surface area contributed by atoms with E-state index in [-0.39, 0.29) is 18.0 Å². The van der Waals surface area contributed by atoms with Gasteiger partial charge >= 0.3 is 0 Å². The Labute approximate surface area is 136 Å². The second-order valence-corrected chi connectivity index (χ2v) is 6.05. The monoisotopic (exact) mass is 311 g/mol. The summed E-state index contributed by atoms with van der Waals surface area (Å²) >= 11 is 0. The van der Waals surface area contributed by atoms with Crippen LogP contribution in [0.4, 0.5) is 0 Å². The highest BCUT2D eigenvalue weighted by Crippen LogP contribution is 2.35. The lowest BCUT2D eigenvalue weighted by Gasteiger charge is -2.40. The van der Waals surface area contributed by atoms with Crippen LogP contribution in [-0.2, 0) is 6.42 Å². The zero-order chi connectivity index (χ0) is 16.6. The van der Waals surface area contributed by atoms with Crippen molar-refractivity contribution in [3.63, 3.8) is 0 Å². The van der Waals surface area contributed by atoms with Gasteiger partial charge in [0.05, 0.1) is 25.0 Å². The lowest BCUT2D eigenvalue weighted by atomic mass is 9.89. The van der Waals surface area contributed by atoms with E-state index in [4.69, 9.17) is 4.74 Å². The van der Waals surface area contributed by atoms with Gasteiger partial charge in [0, 0.05) is 12.2 Å². The highest BCUT2D eigenvalue weighted by atomic mass is 16.5. The molecule has 1 amide bonds. The van der Waals surface area contributed by atoms with E-state index in [0.29, 0.717) is 5.69 Å². The van der Waals surface area contributed by atoms with Crippen LogP contribution in [0, 0.1) is 6.92 Å². The predicted molar refractivity (Wildman–Crippen MR) is 87.5 cm³/mol. The summed E-state index contributed by atoms with van der Waals surface area (Å²) in [6, 6.07) is 6.15. The molecule has 0 unspecified atom stereocenters. The van der Waals surface area contributed by atoms with Gasteiger partial charge in [0.2, 0.25) is 0 Å². The van der Waals surface area contributed by atoms with Crippen molar-refractivity contribution >= 4 is 5.91 Å². The molecule has 3 rings (SSSR count). The summed E-state index contributed by atoms with van der Waals surface area (Å²) in [6.45, 7) is 5.98. The van der Waals surface area contributed by atoms with Crippen LogP contribution < -0.4 is 4.74 Å². The molecule has 0 spiro atoms. The Morgan fingerprint density at radius 1 is 1.26 bits per heavy atom.